The van der Waals surface area contributed by atoms with Crippen molar-refractivity contribution in [2.45, 2.75) is 56.7 Å². The van der Waals surface area contributed by atoms with Crippen molar-refractivity contribution in [2.24, 2.45) is 5.41 Å². The van der Waals surface area contributed by atoms with Crippen molar-refractivity contribution in [2.75, 3.05) is 26.8 Å². The molecule has 1 atom stereocenters. The number of sulfonamides is 1. The molecule has 0 aromatic rings. The van der Waals surface area contributed by atoms with Crippen LogP contribution in [0.3, 0.4) is 0 Å². The summed E-state index contributed by atoms with van der Waals surface area (Å²) < 4.78 is 31.6. The molecule has 0 aromatic heterocycles. The molecule has 20 heavy (non-hydrogen) atoms. The molecular formula is C14H28N2O3S. The minimum Gasteiger partial charge on any atom is -0.384 e. The summed E-state index contributed by atoms with van der Waals surface area (Å²) in [6.45, 7) is 4.21. The minimum atomic E-state index is -3.06. The van der Waals surface area contributed by atoms with Crippen LogP contribution in [0.15, 0.2) is 0 Å². The first-order valence-corrected chi connectivity index (χ1v) is 9.23. The maximum atomic E-state index is 11.8. The lowest BCUT2D eigenvalue weighted by Gasteiger charge is -2.30. The summed E-state index contributed by atoms with van der Waals surface area (Å²) in [6.07, 6.45) is 6.58. The van der Waals surface area contributed by atoms with E-state index in [1.807, 2.05) is 6.92 Å². The molecule has 2 aliphatic rings. The van der Waals surface area contributed by atoms with Crippen LogP contribution in [0, 0.1) is 5.41 Å². The lowest BCUT2D eigenvalue weighted by molar-refractivity contribution is 0.0809. The predicted octanol–water partition coefficient (Wildman–Crippen LogP) is 1.25. The fourth-order valence-electron chi connectivity index (χ4n) is 3.00. The number of nitrogens with one attached hydrogen (secondary N) is 2. The zero-order valence-electron chi connectivity index (χ0n) is 12.7. The van der Waals surface area contributed by atoms with Gasteiger partial charge in [-0.15, -0.1) is 0 Å². The highest BCUT2D eigenvalue weighted by atomic mass is 32.2. The summed E-state index contributed by atoms with van der Waals surface area (Å²) >= 11 is 0. The topological polar surface area (TPSA) is 67.4 Å². The Labute approximate surface area is 122 Å². The lowest BCUT2D eigenvalue weighted by Crippen LogP contribution is -2.45. The third-order valence-electron chi connectivity index (χ3n) is 4.49. The van der Waals surface area contributed by atoms with Crippen molar-refractivity contribution in [3.05, 3.63) is 0 Å². The standard InChI is InChI=1S/C14H28N2O3S/c1-12(9-16-20(17,18)13-5-6-13)15-10-14(11-19-2)7-3-4-8-14/h12-13,15-16H,3-11H2,1-2H3. The normalized spacial score (nSPS) is 23.9. The number of hydrogen-bond acceptors (Lipinski definition) is 4. The van der Waals surface area contributed by atoms with E-state index in [-0.39, 0.29) is 16.7 Å². The highest BCUT2D eigenvalue weighted by Gasteiger charge is 2.36. The van der Waals surface area contributed by atoms with Gasteiger partial charge in [-0.3, -0.25) is 0 Å². The van der Waals surface area contributed by atoms with E-state index in [0.717, 1.165) is 26.0 Å². The first kappa shape index (κ1) is 16.2. The number of hydrogen-bond donors (Lipinski definition) is 2. The molecule has 2 rings (SSSR count). The summed E-state index contributed by atoms with van der Waals surface area (Å²) in [6, 6.07) is 0.151. The van der Waals surface area contributed by atoms with Crippen molar-refractivity contribution in [1.82, 2.24) is 10.0 Å². The molecule has 2 saturated carbocycles. The Morgan fingerprint density at radius 2 is 1.95 bits per heavy atom. The van der Waals surface area contributed by atoms with Gasteiger partial charge in [-0.05, 0) is 32.6 Å². The Bertz CT molecular complexity index is 401. The van der Waals surface area contributed by atoms with Crippen LogP contribution in [-0.4, -0.2) is 46.5 Å². The number of rotatable bonds is 9. The van der Waals surface area contributed by atoms with E-state index in [1.165, 1.54) is 25.7 Å². The van der Waals surface area contributed by atoms with Gasteiger partial charge in [0, 0.05) is 31.7 Å². The second kappa shape index (κ2) is 6.73. The largest absolute Gasteiger partial charge is 0.384 e. The first-order chi connectivity index (χ1) is 9.47. The second-order valence-corrected chi connectivity index (χ2v) is 8.56. The summed E-state index contributed by atoms with van der Waals surface area (Å²) in [7, 11) is -1.30. The molecule has 1 unspecified atom stereocenters. The molecule has 0 bridgehead atoms. The third-order valence-corrected chi connectivity index (χ3v) is 6.41. The molecule has 2 N–H and O–H groups in total. The van der Waals surface area contributed by atoms with Gasteiger partial charge < -0.3 is 10.1 Å². The third kappa shape index (κ3) is 4.41. The van der Waals surface area contributed by atoms with E-state index in [4.69, 9.17) is 4.74 Å². The van der Waals surface area contributed by atoms with Gasteiger partial charge in [0.2, 0.25) is 10.0 Å². The summed E-state index contributed by atoms with van der Waals surface area (Å²) in [4.78, 5) is 0. The Morgan fingerprint density at radius 3 is 2.50 bits per heavy atom. The molecule has 0 heterocycles. The molecule has 0 amide bonds. The van der Waals surface area contributed by atoms with E-state index in [9.17, 15) is 8.42 Å². The van der Waals surface area contributed by atoms with Gasteiger partial charge >= 0.3 is 0 Å². The van der Waals surface area contributed by atoms with Crippen molar-refractivity contribution in [3.63, 3.8) is 0 Å². The van der Waals surface area contributed by atoms with Gasteiger partial charge in [0.05, 0.1) is 11.9 Å². The zero-order valence-corrected chi connectivity index (χ0v) is 13.5. The molecular weight excluding hydrogens is 276 g/mol. The molecule has 5 nitrogen and oxygen atoms in total. The van der Waals surface area contributed by atoms with E-state index in [1.54, 1.807) is 7.11 Å². The van der Waals surface area contributed by atoms with Crippen molar-refractivity contribution in [3.8, 4) is 0 Å². The quantitative estimate of drug-likeness (QED) is 0.673. The molecule has 6 heteroatoms. The first-order valence-electron chi connectivity index (χ1n) is 7.68. The molecule has 0 radical (unpaired) electrons. The van der Waals surface area contributed by atoms with Gasteiger partial charge in [0.15, 0.2) is 0 Å². The van der Waals surface area contributed by atoms with E-state index in [0.29, 0.717) is 6.54 Å². The average Bonchev–Trinajstić information content (AvgIpc) is 3.18. The predicted molar refractivity (Wildman–Crippen MR) is 80.2 cm³/mol. The molecule has 118 valence electrons. The van der Waals surface area contributed by atoms with Crippen LogP contribution in [0.25, 0.3) is 0 Å². The number of ether oxygens (including phenoxy) is 1. The van der Waals surface area contributed by atoms with Gasteiger partial charge in [-0.1, -0.05) is 12.8 Å². The SMILES string of the molecule is COCC1(CNC(C)CNS(=O)(=O)C2CC2)CCCC1. The van der Waals surface area contributed by atoms with Crippen LogP contribution >= 0.6 is 0 Å². The fourth-order valence-corrected chi connectivity index (χ4v) is 4.48. The summed E-state index contributed by atoms with van der Waals surface area (Å²) in [5.74, 6) is 0. The Morgan fingerprint density at radius 1 is 1.30 bits per heavy atom. The van der Waals surface area contributed by atoms with Crippen LogP contribution in [-0.2, 0) is 14.8 Å². The molecule has 0 saturated heterocycles. The van der Waals surface area contributed by atoms with E-state index >= 15 is 0 Å². The molecule has 0 aliphatic heterocycles. The highest BCUT2D eigenvalue weighted by molar-refractivity contribution is 7.90. The Hall–Kier alpha value is -0.170. The fraction of sp³-hybridized carbons (Fsp3) is 1.00. The smallest absolute Gasteiger partial charge is 0.214 e. The van der Waals surface area contributed by atoms with Crippen LogP contribution in [0.4, 0.5) is 0 Å². The molecule has 2 fully saturated rings. The maximum Gasteiger partial charge on any atom is 0.214 e. The number of methoxy groups -OCH3 is 1. The Balaban J connectivity index is 1.72. The summed E-state index contributed by atoms with van der Waals surface area (Å²) in [5.41, 5.74) is 0.248. The van der Waals surface area contributed by atoms with Crippen LogP contribution in [0.5, 0.6) is 0 Å². The van der Waals surface area contributed by atoms with Crippen LogP contribution < -0.4 is 10.0 Å². The minimum absolute atomic E-state index is 0.135. The maximum absolute atomic E-state index is 11.8. The van der Waals surface area contributed by atoms with Crippen LogP contribution in [0.2, 0.25) is 0 Å². The second-order valence-electron chi connectivity index (χ2n) is 6.51. The van der Waals surface area contributed by atoms with E-state index < -0.39 is 10.0 Å². The van der Waals surface area contributed by atoms with Gasteiger partial charge in [0.25, 0.3) is 0 Å². The molecule has 2 aliphatic carbocycles. The van der Waals surface area contributed by atoms with Crippen LogP contribution in [0.1, 0.15) is 45.4 Å². The van der Waals surface area contributed by atoms with E-state index in [2.05, 4.69) is 10.0 Å². The van der Waals surface area contributed by atoms with Gasteiger partial charge in [0.1, 0.15) is 0 Å². The van der Waals surface area contributed by atoms with Crippen molar-refractivity contribution < 1.29 is 13.2 Å². The van der Waals surface area contributed by atoms with Crippen molar-refractivity contribution in [1.29, 1.82) is 0 Å². The highest BCUT2D eigenvalue weighted by Crippen LogP contribution is 2.37. The Kier molecular flexibility index (Phi) is 5.45. The van der Waals surface area contributed by atoms with Gasteiger partial charge in [-0.25, -0.2) is 13.1 Å². The molecule has 0 spiro atoms. The average molecular weight is 304 g/mol. The zero-order chi connectivity index (χ0) is 14.6. The monoisotopic (exact) mass is 304 g/mol. The lowest BCUT2D eigenvalue weighted by atomic mass is 9.87. The molecule has 0 aromatic carbocycles. The van der Waals surface area contributed by atoms with Gasteiger partial charge in [-0.2, -0.15) is 0 Å². The summed E-state index contributed by atoms with van der Waals surface area (Å²) in [5, 5.41) is 3.34. The van der Waals surface area contributed by atoms with Crippen molar-refractivity contribution >= 4 is 10.0 Å².